The van der Waals surface area contributed by atoms with Crippen LogP contribution in [0, 0.1) is 6.92 Å². The molecule has 0 saturated heterocycles. The van der Waals surface area contributed by atoms with Crippen LogP contribution in [-0.4, -0.2) is 21.6 Å². The van der Waals surface area contributed by atoms with E-state index in [1.54, 1.807) is 0 Å². The molecule has 3 N–H and O–H groups in total. The molecule has 0 radical (unpaired) electrons. The molecule has 1 atom stereocenters. The van der Waals surface area contributed by atoms with Crippen molar-refractivity contribution in [1.29, 1.82) is 0 Å². The van der Waals surface area contributed by atoms with Gasteiger partial charge in [0, 0.05) is 13.1 Å². The minimum atomic E-state index is -0.496. The van der Waals surface area contributed by atoms with Gasteiger partial charge in [0.2, 0.25) is 0 Å². The van der Waals surface area contributed by atoms with Crippen LogP contribution in [0.4, 0.5) is 0 Å². The highest BCUT2D eigenvalue weighted by Gasteiger charge is 2.08. The highest BCUT2D eigenvalue weighted by molar-refractivity contribution is 5.75. The Morgan fingerprint density at radius 1 is 1.08 bits per heavy atom. The Bertz CT molecular complexity index is 805. The number of nitrogens with one attached hydrogen (secondary N) is 2. The molecule has 3 aromatic rings. The molecule has 0 spiro atoms. The van der Waals surface area contributed by atoms with Crippen LogP contribution in [0.2, 0.25) is 0 Å². The lowest BCUT2D eigenvalue weighted by atomic mass is 10.00. The van der Waals surface area contributed by atoms with Crippen LogP contribution in [-0.2, 0) is 6.54 Å². The van der Waals surface area contributed by atoms with E-state index in [1.165, 1.54) is 11.1 Å². The first-order valence-corrected chi connectivity index (χ1v) is 8.47. The number of fused-ring (bicyclic) bond motifs is 1. The van der Waals surface area contributed by atoms with Gasteiger partial charge in [-0.05, 0) is 41.7 Å². The Morgan fingerprint density at radius 2 is 1.79 bits per heavy atom. The van der Waals surface area contributed by atoms with Crippen molar-refractivity contribution in [1.82, 2.24) is 15.3 Å². The number of nitrogens with zero attached hydrogens (tertiary/aromatic N) is 1. The van der Waals surface area contributed by atoms with Gasteiger partial charge in [0.25, 0.3) is 0 Å². The molecular formula is C20H25N3O. The van der Waals surface area contributed by atoms with Crippen molar-refractivity contribution in [3.8, 4) is 0 Å². The lowest BCUT2D eigenvalue weighted by Gasteiger charge is -2.14. The first-order valence-electron chi connectivity index (χ1n) is 8.47. The number of hydrogen-bond donors (Lipinski definition) is 3. The molecule has 0 aliphatic rings. The minimum absolute atomic E-state index is 0.496. The molecule has 24 heavy (non-hydrogen) atoms. The Labute approximate surface area is 142 Å². The summed E-state index contributed by atoms with van der Waals surface area (Å²) in [6.07, 6.45) is -0.496. The minimum Gasteiger partial charge on any atom is -0.387 e. The van der Waals surface area contributed by atoms with Gasteiger partial charge in [0.05, 0.1) is 17.1 Å². The van der Waals surface area contributed by atoms with Crippen LogP contribution < -0.4 is 5.32 Å². The fraction of sp³-hybridized carbons (Fsp3) is 0.350. The summed E-state index contributed by atoms with van der Waals surface area (Å²) in [5.74, 6) is 1.44. The fourth-order valence-electron chi connectivity index (χ4n) is 2.87. The normalized spacial score (nSPS) is 12.9. The van der Waals surface area contributed by atoms with Crippen molar-refractivity contribution in [2.24, 2.45) is 0 Å². The van der Waals surface area contributed by atoms with Gasteiger partial charge in [0.15, 0.2) is 0 Å². The summed E-state index contributed by atoms with van der Waals surface area (Å²) in [5, 5.41) is 13.6. The first kappa shape index (κ1) is 16.7. The topological polar surface area (TPSA) is 60.9 Å². The Morgan fingerprint density at radius 3 is 2.50 bits per heavy atom. The number of aliphatic hydroxyl groups excluding tert-OH is 1. The molecule has 0 fully saturated rings. The summed E-state index contributed by atoms with van der Waals surface area (Å²) in [6, 6.07) is 14.4. The number of benzene rings is 2. The highest BCUT2D eigenvalue weighted by atomic mass is 16.3. The predicted octanol–water partition coefficient (Wildman–Crippen LogP) is 3.82. The molecule has 1 unspecified atom stereocenters. The van der Waals surface area contributed by atoms with E-state index in [9.17, 15) is 5.11 Å². The molecule has 4 nitrogen and oxygen atoms in total. The number of aryl methyl sites for hydroxylation is 1. The van der Waals surface area contributed by atoms with Gasteiger partial charge in [-0.25, -0.2) is 4.98 Å². The molecule has 0 bridgehead atoms. The smallest absolute Gasteiger partial charge is 0.104 e. The van der Waals surface area contributed by atoms with E-state index < -0.39 is 6.10 Å². The van der Waals surface area contributed by atoms with E-state index in [1.807, 2.05) is 25.1 Å². The molecule has 0 aliphatic carbocycles. The highest BCUT2D eigenvalue weighted by Crippen LogP contribution is 2.19. The molecule has 2 aromatic carbocycles. The van der Waals surface area contributed by atoms with Gasteiger partial charge in [-0.3, -0.25) is 0 Å². The van der Waals surface area contributed by atoms with Crippen molar-refractivity contribution < 1.29 is 5.11 Å². The quantitative estimate of drug-likeness (QED) is 0.646. The van der Waals surface area contributed by atoms with Crippen LogP contribution in [0.1, 0.15) is 48.4 Å². The summed E-state index contributed by atoms with van der Waals surface area (Å²) in [7, 11) is 0. The Hall–Kier alpha value is -2.17. The van der Waals surface area contributed by atoms with E-state index in [0.717, 1.165) is 29.0 Å². The van der Waals surface area contributed by atoms with Crippen LogP contribution in [0.5, 0.6) is 0 Å². The third kappa shape index (κ3) is 3.83. The standard InChI is InChI=1S/C20H25N3O/c1-13(2)16-5-7-17(8-6-16)20(24)12-21-11-15-4-9-18-19(10-15)23-14(3)22-18/h4-10,13,20-21,24H,11-12H2,1-3H3,(H,22,23). The zero-order valence-corrected chi connectivity index (χ0v) is 14.5. The van der Waals surface area contributed by atoms with Gasteiger partial charge < -0.3 is 15.4 Å². The fourth-order valence-corrected chi connectivity index (χ4v) is 2.87. The summed E-state index contributed by atoms with van der Waals surface area (Å²) in [4.78, 5) is 7.66. The summed E-state index contributed by atoms with van der Waals surface area (Å²) in [5.41, 5.74) is 5.46. The lowest BCUT2D eigenvalue weighted by molar-refractivity contribution is 0.174. The second kappa shape index (κ2) is 7.16. The monoisotopic (exact) mass is 323 g/mol. The van der Waals surface area contributed by atoms with Crippen LogP contribution >= 0.6 is 0 Å². The van der Waals surface area contributed by atoms with Gasteiger partial charge in [-0.1, -0.05) is 44.2 Å². The third-order valence-electron chi connectivity index (χ3n) is 4.32. The van der Waals surface area contributed by atoms with Crippen LogP contribution in [0.25, 0.3) is 11.0 Å². The maximum atomic E-state index is 10.3. The van der Waals surface area contributed by atoms with Crippen molar-refractivity contribution in [2.45, 2.75) is 39.3 Å². The number of rotatable bonds is 6. The number of imidazole rings is 1. The first-order chi connectivity index (χ1) is 11.5. The number of hydrogen-bond acceptors (Lipinski definition) is 3. The molecule has 126 valence electrons. The summed E-state index contributed by atoms with van der Waals surface area (Å²) >= 11 is 0. The zero-order chi connectivity index (χ0) is 17.1. The molecule has 0 amide bonds. The second-order valence-corrected chi connectivity index (χ2v) is 6.64. The predicted molar refractivity (Wildman–Crippen MR) is 98.0 cm³/mol. The summed E-state index contributed by atoms with van der Waals surface area (Å²) < 4.78 is 0. The van der Waals surface area contributed by atoms with Crippen molar-refractivity contribution in [2.75, 3.05) is 6.54 Å². The molecule has 1 aromatic heterocycles. The van der Waals surface area contributed by atoms with Gasteiger partial charge in [-0.15, -0.1) is 0 Å². The molecule has 4 heteroatoms. The SMILES string of the molecule is Cc1nc2ccc(CNCC(O)c3ccc(C(C)C)cc3)cc2[nH]1. The Kier molecular flexibility index (Phi) is 4.97. The molecular weight excluding hydrogens is 298 g/mol. The number of aromatic nitrogens is 2. The third-order valence-corrected chi connectivity index (χ3v) is 4.32. The maximum Gasteiger partial charge on any atom is 0.104 e. The average molecular weight is 323 g/mol. The summed E-state index contributed by atoms with van der Waals surface area (Å²) in [6.45, 7) is 7.55. The van der Waals surface area contributed by atoms with Crippen LogP contribution in [0.15, 0.2) is 42.5 Å². The average Bonchev–Trinajstić information content (AvgIpc) is 2.94. The van der Waals surface area contributed by atoms with Crippen molar-refractivity contribution >= 4 is 11.0 Å². The molecule has 3 rings (SSSR count). The van der Waals surface area contributed by atoms with E-state index in [2.05, 4.69) is 53.4 Å². The van der Waals surface area contributed by atoms with Gasteiger partial charge >= 0.3 is 0 Å². The number of aliphatic hydroxyl groups is 1. The largest absolute Gasteiger partial charge is 0.387 e. The lowest BCUT2D eigenvalue weighted by Crippen LogP contribution is -2.21. The molecule has 0 saturated carbocycles. The van der Waals surface area contributed by atoms with Gasteiger partial charge in [0.1, 0.15) is 5.82 Å². The number of H-pyrrole nitrogens is 1. The Balaban J connectivity index is 1.56. The maximum absolute atomic E-state index is 10.3. The molecule has 0 aliphatic heterocycles. The zero-order valence-electron chi connectivity index (χ0n) is 14.5. The van der Waals surface area contributed by atoms with Crippen LogP contribution in [0.3, 0.4) is 0 Å². The second-order valence-electron chi connectivity index (χ2n) is 6.64. The molecule has 1 heterocycles. The van der Waals surface area contributed by atoms with E-state index in [4.69, 9.17) is 0 Å². The van der Waals surface area contributed by atoms with E-state index in [-0.39, 0.29) is 0 Å². The van der Waals surface area contributed by atoms with Crippen molar-refractivity contribution in [3.63, 3.8) is 0 Å². The van der Waals surface area contributed by atoms with Crippen molar-refractivity contribution in [3.05, 3.63) is 65.0 Å². The van der Waals surface area contributed by atoms with E-state index in [0.29, 0.717) is 12.5 Å². The number of aromatic amines is 1. The van der Waals surface area contributed by atoms with Gasteiger partial charge in [-0.2, -0.15) is 0 Å². The van der Waals surface area contributed by atoms with E-state index >= 15 is 0 Å².